The van der Waals surface area contributed by atoms with E-state index in [1.165, 1.54) is 0 Å². The van der Waals surface area contributed by atoms with Crippen LogP contribution >= 0.6 is 0 Å². The zero-order valence-electron chi connectivity index (χ0n) is 37.5. The summed E-state index contributed by atoms with van der Waals surface area (Å²) in [5.41, 5.74) is -2.33. The maximum atomic E-state index is 14.3. The number of aliphatic hydroxyl groups excluding tert-OH is 14. The van der Waals surface area contributed by atoms with E-state index in [0.29, 0.717) is 56.9 Å². The van der Waals surface area contributed by atoms with Crippen LogP contribution < -0.4 is 0 Å². The summed E-state index contributed by atoms with van der Waals surface area (Å²) in [6, 6.07) is 0. The van der Waals surface area contributed by atoms with Crippen molar-refractivity contribution in [1.29, 1.82) is 0 Å². The molecule has 4 saturated carbocycles. The Morgan fingerprint density at radius 3 is 1.57 bits per heavy atom. The van der Waals surface area contributed by atoms with Crippen molar-refractivity contribution in [3.8, 4) is 0 Å². The number of hydrogen-bond acceptors (Lipinski definition) is 23. The number of fused-ring (bicyclic) bond motifs is 3. The van der Waals surface area contributed by atoms with E-state index in [1.54, 1.807) is 0 Å². The predicted molar refractivity (Wildman–Crippen MR) is 219 cm³/mol. The second kappa shape index (κ2) is 19.4. The van der Waals surface area contributed by atoms with Gasteiger partial charge in [0.1, 0.15) is 97.7 Å². The van der Waals surface area contributed by atoms with E-state index in [2.05, 4.69) is 13.5 Å². The third kappa shape index (κ3) is 8.63. The molecule has 26 atom stereocenters. The lowest BCUT2D eigenvalue weighted by atomic mass is 9.41. The fourth-order valence-corrected chi connectivity index (χ4v) is 13.5. The Morgan fingerprint density at radius 2 is 1.03 bits per heavy atom. The zero-order chi connectivity index (χ0) is 48.7. The van der Waals surface area contributed by atoms with Crippen molar-refractivity contribution in [1.82, 2.24) is 0 Å². The summed E-state index contributed by atoms with van der Waals surface area (Å²) in [7, 11) is 0. The summed E-state index contributed by atoms with van der Waals surface area (Å²) < 4.78 is 48.2. The molecule has 0 radical (unpaired) electrons. The molecule has 14 N–H and O–H groups in total. The van der Waals surface area contributed by atoms with Gasteiger partial charge < -0.3 is 109 Å². The lowest BCUT2D eigenvalue weighted by Crippen LogP contribution is -2.68. The highest BCUT2D eigenvalue weighted by Crippen LogP contribution is 2.74. The summed E-state index contributed by atoms with van der Waals surface area (Å²) in [5.74, 6) is -0.805. The Hall–Kier alpha value is -1.63. The fourth-order valence-electron chi connectivity index (χ4n) is 13.5. The molecule has 2 bridgehead atoms. The monoisotopic (exact) mass is 966 g/mol. The molecule has 67 heavy (non-hydrogen) atoms. The smallest absolute Gasteiger partial charge is 0.314 e. The van der Waals surface area contributed by atoms with Gasteiger partial charge in [-0.25, -0.2) is 0 Å². The lowest BCUT2D eigenvalue weighted by Gasteiger charge is -2.64. The highest BCUT2D eigenvalue weighted by atomic mass is 16.8. The normalized spacial score (nSPS) is 54.5. The van der Waals surface area contributed by atoms with Crippen LogP contribution in [0.3, 0.4) is 0 Å². The van der Waals surface area contributed by atoms with Gasteiger partial charge in [0.2, 0.25) is 6.29 Å². The third-order valence-corrected chi connectivity index (χ3v) is 17.1. The van der Waals surface area contributed by atoms with Gasteiger partial charge in [-0.15, -0.1) is 0 Å². The molecule has 23 heteroatoms. The molecule has 0 amide bonds. The number of aliphatic hydroxyl groups is 14. The first kappa shape index (κ1) is 51.7. The molecule has 0 aromatic rings. The Balaban J connectivity index is 1.06. The maximum Gasteiger partial charge on any atom is 0.314 e. The molecular weight excluding hydrogens is 896 g/mol. The van der Waals surface area contributed by atoms with Gasteiger partial charge in [0.25, 0.3) is 0 Å². The van der Waals surface area contributed by atoms with Crippen LogP contribution in [0.1, 0.15) is 71.6 Å². The van der Waals surface area contributed by atoms with Crippen LogP contribution in [0.15, 0.2) is 12.2 Å². The minimum atomic E-state index is -1.95. The molecule has 23 nitrogen and oxygen atoms in total. The Labute approximate surface area is 386 Å². The first-order valence-electron chi connectivity index (χ1n) is 23.4. The van der Waals surface area contributed by atoms with Gasteiger partial charge in [-0.05, 0) is 86.5 Å². The first-order valence-corrected chi connectivity index (χ1v) is 23.4. The van der Waals surface area contributed by atoms with Gasteiger partial charge in [-0.2, -0.15) is 0 Å². The van der Waals surface area contributed by atoms with Crippen LogP contribution in [0.25, 0.3) is 0 Å². The van der Waals surface area contributed by atoms with Crippen LogP contribution in [0, 0.1) is 28.1 Å². The van der Waals surface area contributed by atoms with E-state index in [-0.39, 0.29) is 11.8 Å². The summed E-state index contributed by atoms with van der Waals surface area (Å²) >= 11 is 0. The van der Waals surface area contributed by atoms with Gasteiger partial charge in [0.15, 0.2) is 18.9 Å². The van der Waals surface area contributed by atoms with Crippen molar-refractivity contribution >= 4 is 5.97 Å². The van der Waals surface area contributed by atoms with Gasteiger partial charge >= 0.3 is 5.97 Å². The lowest BCUT2D eigenvalue weighted by molar-refractivity contribution is -0.400. The van der Waals surface area contributed by atoms with E-state index >= 15 is 0 Å². The molecule has 0 aromatic carbocycles. The van der Waals surface area contributed by atoms with Crippen LogP contribution in [-0.2, 0) is 42.7 Å². The topological polar surface area (TPSA) is 374 Å². The molecule has 0 aromatic heterocycles. The Morgan fingerprint density at radius 1 is 0.567 bits per heavy atom. The van der Waals surface area contributed by atoms with Gasteiger partial charge in [0, 0.05) is 0 Å². The van der Waals surface area contributed by atoms with Crippen molar-refractivity contribution < 1.29 is 114 Å². The highest BCUT2D eigenvalue weighted by molar-refractivity contribution is 5.77. The summed E-state index contributed by atoms with van der Waals surface area (Å²) in [6.07, 6.45) is -29.1. The minimum Gasteiger partial charge on any atom is -0.432 e. The van der Waals surface area contributed by atoms with Gasteiger partial charge in [0.05, 0.1) is 37.4 Å². The summed E-state index contributed by atoms with van der Waals surface area (Å²) in [5, 5.41) is 148. The second-order valence-corrected chi connectivity index (χ2v) is 20.8. The average Bonchev–Trinajstić information content (AvgIpc) is 3.50. The Kier molecular flexibility index (Phi) is 15.0. The minimum absolute atomic E-state index is 0.0251. The molecule has 4 saturated heterocycles. The standard InChI is InChI=1S/C44H70O23/c1-17-11-43-9-5-22-41(2,7-4-8-42(22,3)40(59)66-38-33(58)30(55)26(51)20(14-47)62-38)23(43)6-10-44(17,16-43)67-39-35(65-37-32(57)29(54)25(50)19(13-46)61-37)34(27(52)21(15-48)63-39)64-36-31(56)28(53)24(49)18(12-45)60-36/h18-39,45-58H,1,4-16H2,2-3H3/t18?,19?,20?,21?,22?,23-,24+,25+,26+,27+,28-,29-,30-,31?,32?,33?,34-,35?,36-,37-,38-,39-,41+,42+,43+,44?/m0/s1. The van der Waals surface area contributed by atoms with Gasteiger partial charge in [-0.3, -0.25) is 4.79 Å². The van der Waals surface area contributed by atoms with Crippen molar-refractivity contribution in [2.45, 2.75) is 200 Å². The van der Waals surface area contributed by atoms with E-state index in [9.17, 15) is 76.3 Å². The molecule has 10 unspecified atom stereocenters. The molecule has 1 spiro atoms. The van der Waals surface area contributed by atoms with Crippen LogP contribution in [0.4, 0.5) is 0 Å². The van der Waals surface area contributed by atoms with Crippen LogP contribution in [0.2, 0.25) is 0 Å². The molecule has 8 fully saturated rings. The van der Waals surface area contributed by atoms with Crippen molar-refractivity contribution in [2.24, 2.45) is 28.1 Å². The van der Waals surface area contributed by atoms with E-state index < -0.39 is 177 Å². The molecule has 4 heterocycles. The fraction of sp³-hybridized carbons (Fsp3) is 0.932. The molecule has 8 rings (SSSR count). The van der Waals surface area contributed by atoms with E-state index in [1.807, 2.05) is 6.92 Å². The molecule has 4 aliphatic heterocycles. The van der Waals surface area contributed by atoms with Crippen molar-refractivity contribution in [2.75, 3.05) is 26.4 Å². The van der Waals surface area contributed by atoms with Crippen molar-refractivity contribution in [3.05, 3.63) is 12.2 Å². The summed E-state index contributed by atoms with van der Waals surface area (Å²) in [6.45, 7) is 5.41. The Bertz CT molecular complexity index is 1760. The first-order chi connectivity index (χ1) is 31.6. The maximum absolute atomic E-state index is 14.3. The highest BCUT2D eigenvalue weighted by Gasteiger charge is 2.70. The number of carbonyl (C=O) groups is 1. The van der Waals surface area contributed by atoms with E-state index in [4.69, 9.17) is 37.9 Å². The van der Waals surface area contributed by atoms with Crippen LogP contribution in [-0.4, -0.2) is 232 Å². The largest absolute Gasteiger partial charge is 0.432 e. The quantitative estimate of drug-likeness (QED) is 0.0494. The SMILES string of the molecule is C=C1C[C@@]23CCC4[C@](C)(C(=O)O[C@@H]5OC(CO)[C@@H](O)[C@H](O)C5O)CCC[C@@]4(C)[C@@H]2CCC1(O[C@@H]1OC(CO)[C@@H](O)[C@H](O[C@@H]2OC(CO)[C@@H](O)[C@H](O)C2O)C1O[C@@H]1OC(CO)[C@@H](O)[C@H](O)C1O)C3. The van der Waals surface area contributed by atoms with Crippen molar-refractivity contribution in [3.63, 3.8) is 0 Å². The number of rotatable bonds is 12. The van der Waals surface area contributed by atoms with Crippen LogP contribution in [0.5, 0.6) is 0 Å². The molecule has 4 aliphatic carbocycles. The zero-order valence-corrected chi connectivity index (χ0v) is 37.5. The number of hydrogen-bond donors (Lipinski definition) is 14. The molecule has 8 aliphatic rings. The van der Waals surface area contributed by atoms with Gasteiger partial charge in [-0.1, -0.05) is 19.9 Å². The third-order valence-electron chi connectivity index (χ3n) is 17.1. The van der Waals surface area contributed by atoms with E-state index in [0.717, 1.165) is 6.42 Å². The predicted octanol–water partition coefficient (Wildman–Crippen LogP) is -5.11. The number of carbonyl (C=O) groups excluding carboxylic acids is 1. The number of esters is 1. The average molecular weight is 967 g/mol. The number of ether oxygens (including phenoxy) is 8. The second-order valence-electron chi connectivity index (χ2n) is 20.8. The molecule has 384 valence electrons. The molecular formula is C44H70O23. The summed E-state index contributed by atoms with van der Waals surface area (Å²) in [4.78, 5) is 14.3.